The number of aliphatic hydroxyl groups is 1. The maximum atomic E-state index is 9.49. The first-order valence-corrected chi connectivity index (χ1v) is 7.73. The monoisotopic (exact) mass is 279 g/mol. The van der Waals surface area contributed by atoms with Crippen molar-refractivity contribution < 1.29 is 5.11 Å². The molecule has 20 heavy (non-hydrogen) atoms. The van der Waals surface area contributed by atoms with Gasteiger partial charge in [-0.15, -0.1) is 0 Å². The minimum atomic E-state index is -0.498. The number of anilines is 1. The lowest BCUT2D eigenvalue weighted by Gasteiger charge is -2.25. The van der Waals surface area contributed by atoms with Crippen LogP contribution in [0.1, 0.15) is 45.9 Å². The molecule has 1 atom stereocenters. The van der Waals surface area contributed by atoms with Crippen LogP contribution in [0, 0.1) is 0 Å². The van der Waals surface area contributed by atoms with E-state index in [1.807, 2.05) is 12.3 Å². The molecule has 1 aromatic heterocycles. The average Bonchev–Trinajstić information content (AvgIpc) is 2.48. The summed E-state index contributed by atoms with van der Waals surface area (Å²) >= 11 is 0. The van der Waals surface area contributed by atoms with Crippen LogP contribution in [-0.4, -0.2) is 47.7 Å². The predicted octanol–water partition coefficient (Wildman–Crippen LogP) is 2.69. The Labute approximate surface area is 123 Å². The number of nitrogens with zero attached hydrogens (tertiary/aromatic N) is 3. The van der Waals surface area contributed by atoms with Crippen LogP contribution in [0.15, 0.2) is 18.3 Å². The molecule has 1 rings (SSSR count). The summed E-state index contributed by atoms with van der Waals surface area (Å²) in [5, 5.41) is 9.49. The Hall–Kier alpha value is -1.13. The third kappa shape index (κ3) is 5.10. The molecule has 1 N–H and O–H groups in total. The van der Waals surface area contributed by atoms with Gasteiger partial charge in [0, 0.05) is 13.1 Å². The van der Waals surface area contributed by atoms with Crippen molar-refractivity contribution in [3.8, 4) is 0 Å². The van der Waals surface area contributed by atoms with E-state index in [9.17, 15) is 5.11 Å². The molecular weight excluding hydrogens is 250 g/mol. The van der Waals surface area contributed by atoms with Gasteiger partial charge in [0.2, 0.25) is 0 Å². The number of pyridine rings is 1. The van der Waals surface area contributed by atoms with E-state index in [1.54, 1.807) is 6.92 Å². The summed E-state index contributed by atoms with van der Waals surface area (Å²) in [5.41, 5.74) is 1.87. The first-order chi connectivity index (χ1) is 9.62. The van der Waals surface area contributed by atoms with E-state index in [-0.39, 0.29) is 0 Å². The standard InChI is InChI=1S/C16H29N3O/c1-5-18(6-2)11-8-12-19(7-3)15-9-10-16(14(4)20)17-13-15/h9-10,13-14,20H,5-8,11-12H2,1-4H3/t14-/m0/s1. The summed E-state index contributed by atoms with van der Waals surface area (Å²) in [6.07, 6.45) is 2.53. The third-order valence-corrected chi connectivity index (χ3v) is 3.74. The van der Waals surface area contributed by atoms with Gasteiger partial charge in [0.05, 0.1) is 23.7 Å². The van der Waals surface area contributed by atoms with Crippen molar-refractivity contribution in [1.82, 2.24) is 9.88 Å². The zero-order valence-electron chi connectivity index (χ0n) is 13.3. The highest BCUT2D eigenvalue weighted by molar-refractivity contribution is 5.44. The van der Waals surface area contributed by atoms with Crippen molar-refractivity contribution in [1.29, 1.82) is 0 Å². The lowest BCUT2D eigenvalue weighted by atomic mass is 10.2. The highest BCUT2D eigenvalue weighted by Crippen LogP contribution is 2.16. The van der Waals surface area contributed by atoms with E-state index >= 15 is 0 Å². The van der Waals surface area contributed by atoms with E-state index in [4.69, 9.17) is 0 Å². The molecule has 4 nitrogen and oxygen atoms in total. The SMILES string of the molecule is CCN(CC)CCCN(CC)c1ccc([C@H](C)O)nc1. The molecule has 0 bridgehead atoms. The lowest BCUT2D eigenvalue weighted by molar-refractivity contribution is 0.194. The average molecular weight is 279 g/mol. The number of aliphatic hydroxyl groups excluding tert-OH is 1. The largest absolute Gasteiger partial charge is 0.387 e. The fraction of sp³-hybridized carbons (Fsp3) is 0.688. The minimum Gasteiger partial charge on any atom is -0.387 e. The zero-order valence-corrected chi connectivity index (χ0v) is 13.3. The Morgan fingerprint density at radius 3 is 2.25 bits per heavy atom. The maximum Gasteiger partial charge on any atom is 0.0931 e. The second-order valence-electron chi connectivity index (χ2n) is 5.08. The van der Waals surface area contributed by atoms with Crippen LogP contribution in [0.25, 0.3) is 0 Å². The molecule has 0 radical (unpaired) electrons. The Balaban J connectivity index is 2.53. The molecule has 4 heteroatoms. The summed E-state index contributed by atoms with van der Waals surface area (Å²) in [6.45, 7) is 13.7. The fourth-order valence-corrected chi connectivity index (χ4v) is 2.33. The number of hydrogen-bond acceptors (Lipinski definition) is 4. The molecule has 0 aliphatic rings. The van der Waals surface area contributed by atoms with Crippen molar-refractivity contribution in [2.75, 3.05) is 37.6 Å². The van der Waals surface area contributed by atoms with Crippen LogP contribution >= 0.6 is 0 Å². The van der Waals surface area contributed by atoms with Gasteiger partial charge < -0.3 is 14.9 Å². The molecule has 0 fully saturated rings. The van der Waals surface area contributed by atoms with Crippen LogP contribution in [0.2, 0.25) is 0 Å². The van der Waals surface area contributed by atoms with E-state index in [2.05, 4.69) is 41.6 Å². The highest BCUT2D eigenvalue weighted by Gasteiger charge is 2.07. The molecule has 1 heterocycles. The van der Waals surface area contributed by atoms with Crippen LogP contribution in [0.3, 0.4) is 0 Å². The Kier molecular flexibility index (Phi) is 7.55. The molecule has 0 saturated carbocycles. The third-order valence-electron chi connectivity index (χ3n) is 3.74. The molecule has 0 saturated heterocycles. The summed E-state index contributed by atoms with van der Waals surface area (Å²) in [6, 6.07) is 3.96. The maximum absolute atomic E-state index is 9.49. The van der Waals surface area contributed by atoms with Crippen LogP contribution in [0.4, 0.5) is 5.69 Å². The van der Waals surface area contributed by atoms with Crippen molar-refractivity contribution in [3.63, 3.8) is 0 Å². The van der Waals surface area contributed by atoms with Crippen LogP contribution < -0.4 is 4.90 Å². The molecule has 114 valence electrons. The van der Waals surface area contributed by atoms with E-state index in [1.165, 1.54) is 0 Å². The van der Waals surface area contributed by atoms with Gasteiger partial charge in [0.15, 0.2) is 0 Å². The predicted molar refractivity (Wildman–Crippen MR) is 85.2 cm³/mol. The molecule has 0 aliphatic heterocycles. The quantitative estimate of drug-likeness (QED) is 0.754. The number of aromatic nitrogens is 1. The van der Waals surface area contributed by atoms with Gasteiger partial charge in [-0.1, -0.05) is 13.8 Å². The Morgan fingerprint density at radius 1 is 1.10 bits per heavy atom. The van der Waals surface area contributed by atoms with Crippen molar-refractivity contribution in [3.05, 3.63) is 24.0 Å². The molecule has 1 aromatic rings. The summed E-state index contributed by atoms with van der Waals surface area (Å²) in [4.78, 5) is 9.10. The topological polar surface area (TPSA) is 39.6 Å². The lowest BCUT2D eigenvalue weighted by Crippen LogP contribution is -2.30. The summed E-state index contributed by atoms with van der Waals surface area (Å²) in [5.74, 6) is 0. The minimum absolute atomic E-state index is 0.498. The summed E-state index contributed by atoms with van der Waals surface area (Å²) < 4.78 is 0. The van der Waals surface area contributed by atoms with E-state index < -0.39 is 6.10 Å². The number of rotatable bonds is 9. The summed E-state index contributed by atoms with van der Waals surface area (Å²) in [7, 11) is 0. The normalized spacial score (nSPS) is 12.7. The second-order valence-corrected chi connectivity index (χ2v) is 5.08. The van der Waals surface area contributed by atoms with Crippen molar-refractivity contribution in [2.24, 2.45) is 0 Å². The highest BCUT2D eigenvalue weighted by atomic mass is 16.3. The van der Waals surface area contributed by atoms with Gasteiger partial charge in [-0.2, -0.15) is 0 Å². The molecule has 0 aliphatic carbocycles. The molecule has 0 aromatic carbocycles. The number of hydrogen-bond donors (Lipinski definition) is 1. The molecule has 0 unspecified atom stereocenters. The first kappa shape index (κ1) is 16.9. The van der Waals surface area contributed by atoms with Crippen molar-refractivity contribution in [2.45, 2.75) is 40.2 Å². The fourth-order valence-electron chi connectivity index (χ4n) is 2.33. The first-order valence-electron chi connectivity index (χ1n) is 7.73. The second kappa shape index (κ2) is 8.93. The Morgan fingerprint density at radius 2 is 1.80 bits per heavy atom. The van der Waals surface area contributed by atoms with Crippen molar-refractivity contribution >= 4 is 5.69 Å². The van der Waals surface area contributed by atoms with Gasteiger partial charge in [0.25, 0.3) is 0 Å². The van der Waals surface area contributed by atoms with Crippen LogP contribution in [-0.2, 0) is 0 Å². The van der Waals surface area contributed by atoms with Gasteiger partial charge in [-0.25, -0.2) is 0 Å². The van der Waals surface area contributed by atoms with E-state index in [0.29, 0.717) is 0 Å². The van der Waals surface area contributed by atoms with Gasteiger partial charge in [-0.3, -0.25) is 4.98 Å². The molecular formula is C16H29N3O. The van der Waals surface area contributed by atoms with E-state index in [0.717, 1.165) is 50.5 Å². The molecule has 0 spiro atoms. The van der Waals surface area contributed by atoms with Crippen LogP contribution in [0.5, 0.6) is 0 Å². The molecule has 0 amide bonds. The zero-order chi connectivity index (χ0) is 15.0. The van der Waals surface area contributed by atoms with Gasteiger partial charge in [-0.05, 0) is 52.0 Å². The Bertz CT molecular complexity index is 360. The smallest absolute Gasteiger partial charge is 0.0931 e. The van der Waals surface area contributed by atoms with Gasteiger partial charge >= 0.3 is 0 Å². The van der Waals surface area contributed by atoms with Gasteiger partial charge in [0.1, 0.15) is 0 Å².